The molecule has 2 atom stereocenters. The first-order valence-electron chi connectivity index (χ1n) is 10.5. The van der Waals surface area contributed by atoms with Crippen molar-refractivity contribution >= 4 is 26.8 Å². The third-order valence-corrected chi connectivity index (χ3v) is 8.94. The molecule has 2 unspecified atom stereocenters. The minimum Gasteiger partial charge on any atom is -0.743 e. The van der Waals surface area contributed by atoms with Gasteiger partial charge < -0.3 is 4.55 Å². The van der Waals surface area contributed by atoms with Crippen LogP contribution in [0.5, 0.6) is 0 Å². The molecular weight excluding hydrogens is 667 g/mol. The maximum atomic E-state index is 13.0. The summed E-state index contributed by atoms with van der Waals surface area (Å²) < 4.78 is 244. The first-order chi connectivity index (χ1) is 17.7. The van der Waals surface area contributed by atoms with Gasteiger partial charge in [-0.05, 0) is 23.7 Å². The van der Waals surface area contributed by atoms with Crippen molar-refractivity contribution < 1.29 is 92.4 Å². The van der Waals surface area contributed by atoms with Gasteiger partial charge in [-0.3, -0.25) is 4.79 Å². The van der Waals surface area contributed by atoms with Crippen LogP contribution in [-0.2, 0) is 25.8 Å². The second-order valence-corrected chi connectivity index (χ2v) is 12.4. The number of hydrogen-bond acceptors (Lipinski definition) is 4. The molecule has 23 heteroatoms. The van der Waals surface area contributed by atoms with E-state index in [-0.39, 0.29) is 0 Å². The summed E-state index contributed by atoms with van der Waals surface area (Å²) in [6.45, 7) is 4.29. The smallest absolute Gasteiger partial charge is 0.460 e. The van der Waals surface area contributed by atoms with Gasteiger partial charge in [0.05, 0.1) is 0 Å². The molecule has 0 aromatic carbocycles. The highest BCUT2D eigenvalue weighted by atomic mass is 32.2. The number of ketones is 1. The first kappa shape index (κ1) is 39.7. The molecule has 0 spiro atoms. The lowest BCUT2D eigenvalue weighted by molar-refractivity contribution is -0.458. The number of halogens is 17. The summed E-state index contributed by atoms with van der Waals surface area (Å²) in [5, 5.41) is -7.95. The van der Waals surface area contributed by atoms with Crippen molar-refractivity contribution in [1.82, 2.24) is 0 Å². The Morgan fingerprint density at radius 2 is 1.10 bits per heavy atom. The maximum absolute atomic E-state index is 13.0. The highest BCUT2D eigenvalue weighted by Crippen LogP contribution is 2.64. The Bertz CT molecular complexity index is 1020. The Labute approximate surface area is 223 Å². The highest BCUT2D eigenvalue weighted by molar-refractivity contribution is 7.97. The minimum absolute atomic E-state index is 0.446. The topological polar surface area (TPSA) is 74.3 Å². The fourth-order valence-corrected chi connectivity index (χ4v) is 6.05. The molecule has 0 N–H and O–H groups in total. The number of Topliss-reactive ketones (excluding diaryl/α,β-unsaturated/α-hetero) is 1. The fraction of sp³-hybridized carbons (Fsp3) is 0.944. The molecule has 0 aromatic heterocycles. The van der Waals surface area contributed by atoms with Gasteiger partial charge in [-0.1, -0.05) is 13.8 Å². The lowest BCUT2D eigenvalue weighted by Crippen LogP contribution is -2.75. The SMILES string of the molecule is CCC(=O)C[S+]1CCCC(C)C1.O=S(=O)([O-])C(F)(F)C(F)(F)C(F)(F)C(F)(F)C(F)(F)C(F)(F)C(F)(F)C(F)(F)F. The molecule has 0 radical (unpaired) electrons. The van der Waals surface area contributed by atoms with Crippen LogP contribution >= 0.6 is 0 Å². The zero-order valence-corrected chi connectivity index (χ0v) is 21.8. The van der Waals surface area contributed by atoms with Gasteiger partial charge in [-0.15, -0.1) is 0 Å². The molecule has 1 aliphatic rings. The van der Waals surface area contributed by atoms with Gasteiger partial charge in [-0.25, -0.2) is 8.42 Å². The van der Waals surface area contributed by atoms with Crippen molar-refractivity contribution in [1.29, 1.82) is 0 Å². The molecule has 0 aromatic rings. The molecule has 1 aliphatic heterocycles. The Kier molecular flexibility index (Phi) is 11.7. The number of carbonyl (C=O) groups is 1. The zero-order valence-electron chi connectivity index (χ0n) is 20.2. The summed E-state index contributed by atoms with van der Waals surface area (Å²) in [4.78, 5) is 11.2. The summed E-state index contributed by atoms with van der Waals surface area (Å²) in [6.07, 6.45) is -4.43. The molecule has 0 bridgehead atoms. The Balaban J connectivity index is 0.00000110. The van der Waals surface area contributed by atoms with Gasteiger partial charge in [0.2, 0.25) is 0 Å². The van der Waals surface area contributed by atoms with E-state index >= 15 is 0 Å². The molecule has 246 valence electrons. The van der Waals surface area contributed by atoms with E-state index in [4.69, 9.17) is 0 Å². The average molecular weight is 686 g/mol. The molecule has 1 saturated heterocycles. The fourth-order valence-electron chi connectivity index (χ4n) is 2.97. The third kappa shape index (κ3) is 6.95. The lowest BCUT2D eigenvalue weighted by Gasteiger charge is -2.42. The van der Waals surface area contributed by atoms with Crippen molar-refractivity contribution in [2.75, 3.05) is 17.3 Å². The van der Waals surface area contributed by atoms with Crippen molar-refractivity contribution in [3.8, 4) is 0 Å². The van der Waals surface area contributed by atoms with Crippen molar-refractivity contribution in [2.45, 2.75) is 80.1 Å². The molecule has 1 rings (SSSR count). The van der Waals surface area contributed by atoms with Crippen LogP contribution in [0.2, 0.25) is 0 Å². The van der Waals surface area contributed by atoms with E-state index in [0.29, 0.717) is 16.7 Å². The van der Waals surface area contributed by atoms with Gasteiger partial charge in [0.15, 0.2) is 21.7 Å². The van der Waals surface area contributed by atoms with E-state index in [9.17, 15) is 92.4 Å². The van der Waals surface area contributed by atoms with Crippen LogP contribution in [0.3, 0.4) is 0 Å². The summed E-state index contributed by atoms with van der Waals surface area (Å²) >= 11 is 0. The van der Waals surface area contributed by atoms with Crippen LogP contribution in [-0.4, -0.2) is 83.0 Å². The number of alkyl halides is 17. The Morgan fingerprint density at radius 1 is 0.732 bits per heavy atom. The van der Waals surface area contributed by atoms with Gasteiger partial charge >= 0.3 is 47.0 Å². The zero-order chi connectivity index (χ0) is 33.5. The van der Waals surface area contributed by atoms with Gasteiger partial charge in [0, 0.05) is 12.3 Å². The number of hydrogen-bond donors (Lipinski definition) is 0. The third-order valence-electron chi connectivity index (χ3n) is 5.42. The van der Waals surface area contributed by atoms with Crippen molar-refractivity contribution in [2.24, 2.45) is 5.92 Å². The molecule has 0 aliphatic carbocycles. The molecule has 41 heavy (non-hydrogen) atoms. The van der Waals surface area contributed by atoms with E-state index < -0.39 is 57.1 Å². The molecule has 0 saturated carbocycles. The van der Waals surface area contributed by atoms with Crippen LogP contribution in [0.25, 0.3) is 0 Å². The number of carbonyl (C=O) groups excluding carboxylic acids is 1. The van der Waals surface area contributed by atoms with Crippen LogP contribution in [0.4, 0.5) is 74.6 Å². The Morgan fingerprint density at radius 3 is 1.41 bits per heavy atom. The van der Waals surface area contributed by atoms with E-state index in [1.807, 2.05) is 6.92 Å². The van der Waals surface area contributed by atoms with Crippen LogP contribution < -0.4 is 0 Å². The van der Waals surface area contributed by atoms with Crippen LogP contribution in [0, 0.1) is 5.92 Å². The molecule has 1 heterocycles. The van der Waals surface area contributed by atoms with Crippen LogP contribution in [0.15, 0.2) is 0 Å². The van der Waals surface area contributed by atoms with Crippen LogP contribution in [0.1, 0.15) is 33.1 Å². The normalized spacial score (nSPS) is 20.8. The monoisotopic (exact) mass is 686 g/mol. The van der Waals surface area contributed by atoms with Gasteiger partial charge in [0.1, 0.15) is 11.5 Å². The van der Waals surface area contributed by atoms with E-state index in [2.05, 4.69) is 6.92 Å². The van der Waals surface area contributed by atoms with Gasteiger partial charge in [-0.2, -0.15) is 74.6 Å². The number of rotatable bonds is 10. The summed E-state index contributed by atoms with van der Waals surface area (Å²) in [5.74, 6) is -47.3. The minimum atomic E-state index is -8.92. The van der Waals surface area contributed by atoms with E-state index in [0.717, 1.165) is 18.1 Å². The van der Waals surface area contributed by atoms with Crippen molar-refractivity contribution in [3.05, 3.63) is 0 Å². The predicted molar refractivity (Wildman–Crippen MR) is 106 cm³/mol. The highest BCUT2D eigenvalue weighted by Gasteiger charge is 2.95. The predicted octanol–water partition coefficient (Wildman–Crippen LogP) is 6.51. The second kappa shape index (κ2) is 12.0. The lowest BCUT2D eigenvalue weighted by atomic mass is 9.91. The molecule has 0 amide bonds. The summed E-state index contributed by atoms with van der Waals surface area (Å²) in [5.41, 5.74) is 0. The average Bonchev–Trinajstić information content (AvgIpc) is 2.77. The standard InChI is InChI=1S/C10H19OS.C8HF17O3S/c1-3-10(11)8-12-6-4-5-9(2)7-12;9-1(10,3(13,14)5(17,18)7(21,22)23)2(11,12)4(15,16)6(19,20)8(24,25)29(26,27)28/h9H,3-8H2,1-2H3;(H,26,27,28)/q+1;/p-1. The Hall–Kier alpha value is -1.26. The molecular formula is C18H19F17O4S2. The quantitative estimate of drug-likeness (QED) is 0.149. The second-order valence-electron chi connectivity index (χ2n) is 8.68. The first-order valence-corrected chi connectivity index (χ1v) is 13.7. The molecule has 4 nitrogen and oxygen atoms in total. The van der Waals surface area contributed by atoms with Crippen molar-refractivity contribution in [3.63, 3.8) is 0 Å². The summed E-state index contributed by atoms with van der Waals surface area (Å²) in [6, 6.07) is 0. The largest absolute Gasteiger partial charge is 0.743 e. The maximum Gasteiger partial charge on any atom is 0.460 e. The van der Waals surface area contributed by atoms with Gasteiger partial charge in [0.25, 0.3) is 0 Å². The van der Waals surface area contributed by atoms with E-state index in [1.165, 1.54) is 24.3 Å². The van der Waals surface area contributed by atoms with E-state index in [1.54, 1.807) is 0 Å². The summed E-state index contributed by atoms with van der Waals surface area (Å²) in [7, 11) is -7.70. The molecule has 1 fully saturated rings.